The van der Waals surface area contributed by atoms with Crippen molar-refractivity contribution in [3.8, 4) is 11.8 Å². The maximum Gasteiger partial charge on any atom is 0.174 e. The molecule has 5 nitrogen and oxygen atoms in total. The first-order valence-corrected chi connectivity index (χ1v) is 6.64. The van der Waals surface area contributed by atoms with E-state index in [4.69, 9.17) is 10.00 Å². The van der Waals surface area contributed by atoms with Crippen LogP contribution in [0.5, 0.6) is 5.75 Å². The van der Waals surface area contributed by atoms with Gasteiger partial charge in [0, 0.05) is 26.8 Å². The molecule has 0 amide bonds. The van der Waals surface area contributed by atoms with E-state index in [1.54, 1.807) is 6.20 Å². The van der Waals surface area contributed by atoms with E-state index < -0.39 is 0 Å². The predicted molar refractivity (Wildman–Crippen MR) is 83.4 cm³/mol. The zero-order chi connectivity index (χ0) is 15.1. The third-order valence-electron chi connectivity index (χ3n) is 2.96. The Bertz CT molecular complexity index is 634. The quantitative estimate of drug-likeness (QED) is 0.882. The minimum Gasteiger partial charge on any atom is -0.479 e. The van der Waals surface area contributed by atoms with E-state index in [9.17, 15) is 0 Å². The van der Waals surface area contributed by atoms with Gasteiger partial charge in [-0.25, -0.2) is 0 Å². The molecule has 0 aliphatic rings. The Morgan fingerprint density at radius 3 is 2.95 bits per heavy atom. The van der Waals surface area contributed by atoms with Gasteiger partial charge in [-0.2, -0.15) is 5.26 Å². The molecule has 0 radical (unpaired) electrons. The summed E-state index contributed by atoms with van der Waals surface area (Å²) in [7, 11) is 3.99. The summed E-state index contributed by atoms with van der Waals surface area (Å²) in [5.41, 5.74) is 3.15. The Morgan fingerprint density at radius 1 is 1.33 bits per heavy atom. The number of nitriles is 1. The van der Waals surface area contributed by atoms with Crippen LogP contribution in [0.1, 0.15) is 5.56 Å². The summed E-state index contributed by atoms with van der Waals surface area (Å²) in [5, 5.41) is 11.9. The molecule has 0 saturated heterocycles. The fourth-order valence-electron chi connectivity index (χ4n) is 1.97. The molecule has 0 atom stereocenters. The highest BCUT2D eigenvalue weighted by atomic mass is 16.5. The summed E-state index contributed by atoms with van der Waals surface area (Å²) in [4.78, 5) is 6.19. The Kier molecular flexibility index (Phi) is 4.99. The molecule has 108 valence electrons. The average molecular weight is 282 g/mol. The van der Waals surface area contributed by atoms with Crippen LogP contribution in [0.2, 0.25) is 0 Å². The molecular weight excluding hydrogens is 264 g/mol. The molecule has 0 aliphatic heterocycles. The third kappa shape index (κ3) is 4.11. The van der Waals surface area contributed by atoms with Crippen LogP contribution >= 0.6 is 0 Å². The first-order chi connectivity index (χ1) is 10.2. The van der Waals surface area contributed by atoms with E-state index in [-0.39, 0.29) is 6.61 Å². The minimum atomic E-state index is 0.0598. The van der Waals surface area contributed by atoms with Crippen molar-refractivity contribution < 1.29 is 4.74 Å². The van der Waals surface area contributed by atoms with Crippen LogP contribution in [0.4, 0.5) is 11.4 Å². The van der Waals surface area contributed by atoms with Gasteiger partial charge in [-0.3, -0.25) is 4.98 Å². The molecule has 2 rings (SSSR count). The van der Waals surface area contributed by atoms with Gasteiger partial charge in [-0.15, -0.1) is 0 Å². The number of pyridine rings is 1. The lowest BCUT2D eigenvalue weighted by atomic mass is 10.2. The molecule has 5 heteroatoms. The largest absolute Gasteiger partial charge is 0.479 e. The van der Waals surface area contributed by atoms with Crippen molar-refractivity contribution in [2.45, 2.75) is 6.54 Å². The highest BCUT2D eigenvalue weighted by molar-refractivity contribution is 5.68. The zero-order valence-electron chi connectivity index (χ0n) is 12.2. The van der Waals surface area contributed by atoms with E-state index in [1.165, 1.54) is 0 Å². The van der Waals surface area contributed by atoms with Crippen LogP contribution < -0.4 is 15.0 Å². The molecule has 0 fully saturated rings. The fourth-order valence-corrected chi connectivity index (χ4v) is 1.97. The predicted octanol–water partition coefficient (Wildman–Crippen LogP) is 2.66. The highest BCUT2D eigenvalue weighted by Crippen LogP contribution is 2.23. The fraction of sp³-hybridized carbons (Fsp3) is 0.250. The molecule has 2 aromatic rings. The number of aromatic nitrogens is 1. The van der Waals surface area contributed by atoms with Crippen LogP contribution in [0, 0.1) is 11.3 Å². The van der Waals surface area contributed by atoms with E-state index in [1.807, 2.05) is 61.6 Å². The summed E-state index contributed by atoms with van der Waals surface area (Å²) in [5.74, 6) is 0.704. The lowest BCUT2D eigenvalue weighted by molar-refractivity contribution is 0.368. The lowest BCUT2D eigenvalue weighted by Crippen LogP contribution is -2.12. The van der Waals surface area contributed by atoms with Gasteiger partial charge >= 0.3 is 0 Å². The van der Waals surface area contributed by atoms with Gasteiger partial charge in [0.25, 0.3) is 0 Å². The summed E-state index contributed by atoms with van der Waals surface area (Å²) in [6.07, 6.45) is 3.59. The van der Waals surface area contributed by atoms with Gasteiger partial charge in [0.15, 0.2) is 6.61 Å². The van der Waals surface area contributed by atoms with Crippen LogP contribution in [0.25, 0.3) is 0 Å². The van der Waals surface area contributed by atoms with Crippen molar-refractivity contribution in [1.82, 2.24) is 4.98 Å². The molecule has 0 aliphatic carbocycles. The summed E-state index contributed by atoms with van der Waals surface area (Å²) in [6.45, 7) is 0.723. The minimum absolute atomic E-state index is 0.0598. The maximum atomic E-state index is 8.53. The average Bonchev–Trinajstić information content (AvgIpc) is 2.51. The lowest BCUT2D eigenvalue weighted by Gasteiger charge is -2.18. The first kappa shape index (κ1) is 14.7. The molecule has 0 unspecified atom stereocenters. The molecule has 21 heavy (non-hydrogen) atoms. The molecule has 1 heterocycles. The second-order valence-electron chi connectivity index (χ2n) is 4.73. The Hall–Kier alpha value is -2.74. The number of benzene rings is 1. The molecule has 1 aromatic heterocycles. The highest BCUT2D eigenvalue weighted by Gasteiger charge is 2.04. The van der Waals surface area contributed by atoms with E-state index in [0.29, 0.717) is 12.3 Å². The van der Waals surface area contributed by atoms with Crippen LogP contribution in [0.15, 0.2) is 42.7 Å². The molecule has 0 bridgehead atoms. The first-order valence-electron chi connectivity index (χ1n) is 6.64. The molecule has 1 N–H and O–H groups in total. The van der Waals surface area contributed by atoms with Gasteiger partial charge < -0.3 is 15.0 Å². The van der Waals surface area contributed by atoms with Crippen LogP contribution in [-0.4, -0.2) is 25.7 Å². The van der Waals surface area contributed by atoms with Gasteiger partial charge in [0.05, 0.1) is 17.6 Å². The Labute approximate surface area is 124 Å². The van der Waals surface area contributed by atoms with Crippen LogP contribution in [0.3, 0.4) is 0 Å². The van der Waals surface area contributed by atoms with Crippen molar-refractivity contribution in [3.05, 3.63) is 48.3 Å². The normalized spacial score (nSPS) is 9.76. The standard InChI is InChI=1S/C16H18N4O/c1-20(2)16-6-8-18-12-15(16)19-11-13-4-3-5-14(10-13)21-9-7-17/h3-6,8,10,12,19H,9,11H2,1-2H3. The number of anilines is 2. The van der Waals surface area contributed by atoms with Gasteiger partial charge in [-0.05, 0) is 23.8 Å². The molecular formula is C16H18N4O. The number of ether oxygens (including phenoxy) is 1. The Balaban J connectivity index is 2.05. The number of nitrogens with one attached hydrogen (secondary N) is 1. The van der Waals surface area contributed by atoms with Gasteiger partial charge in [0.1, 0.15) is 11.8 Å². The summed E-state index contributed by atoms with van der Waals surface area (Å²) in [6, 6.07) is 11.6. The number of hydrogen-bond donors (Lipinski definition) is 1. The van der Waals surface area contributed by atoms with Gasteiger partial charge in [0.2, 0.25) is 0 Å². The van der Waals surface area contributed by atoms with E-state index in [0.717, 1.165) is 16.9 Å². The third-order valence-corrected chi connectivity index (χ3v) is 2.96. The number of hydrogen-bond acceptors (Lipinski definition) is 5. The SMILES string of the molecule is CN(C)c1ccncc1NCc1cccc(OCC#N)c1. The van der Waals surface area contributed by atoms with Crippen molar-refractivity contribution in [2.24, 2.45) is 0 Å². The summed E-state index contributed by atoms with van der Waals surface area (Å²) >= 11 is 0. The monoisotopic (exact) mass is 282 g/mol. The maximum absolute atomic E-state index is 8.53. The molecule has 0 spiro atoms. The second-order valence-corrected chi connectivity index (χ2v) is 4.73. The molecule has 0 saturated carbocycles. The van der Waals surface area contributed by atoms with Crippen molar-refractivity contribution in [3.63, 3.8) is 0 Å². The smallest absolute Gasteiger partial charge is 0.174 e. The topological polar surface area (TPSA) is 61.2 Å². The number of nitrogens with zero attached hydrogens (tertiary/aromatic N) is 3. The summed E-state index contributed by atoms with van der Waals surface area (Å²) < 4.78 is 5.30. The van der Waals surface area contributed by atoms with Crippen molar-refractivity contribution in [1.29, 1.82) is 5.26 Å². The van der Waals surface area contributed by atoms with E-state index >= 15 is 0 Å². The zero-order valence-corrected chi connectivity index (χ0v) is 12.2. The van der Waals surface area contributed by atoms with Gasteiger partial charge in [-0.1, -0.05) is 12.1 Å². The number of rotatable bonds is 6. The van der Waals surface area contributed by atoms with E-state index in [2.05, 4.69) is 10.3 Å². The van der Waals surface area contributed by atoms with Crippen LogP contribution in [-0.2, 0) is 6.54 Å². The Morgan fingerprint density at radius 2 is 2.19 bits per heavy atom. The second kappa shape index (κ2) is 7.15. The van der Waals surface area contributed by atoms with Crippen molar-refractivity contribution in [2.75, 3.05) is 30.9 Å². The van der Waals surface area contributed by atoms with Crippen molar-refractivity contribution >= 4 is 11.4 Å². The molecule has 1 aromatic carbocycles.